The number of nitrogens with zero attached hydrogens (tertiary/aromatic N) is 2. The minimum Gasteiger partial charge on any atom is -0.496 e. The van der Waals surface area contributed by atoms with E-state index in [4.69, 9.17) is 9.15 Å². The topological polar surface area (TPSA) is 60.2 Å². The highest BCUT2D eigenvalue weighted by atomic mass is 16.5. The van der Waals surface area contributed by atoms with E-state index < -0.39 is 0 Å². The van der Waals surface area contributed by atoms with Gasteiger partial charge in [-0.15, -0.1) is 10.2 Å². The van der Waals surface area contributed by atoms with Gasteiger partial charge < -0.3 is 14.5 Å². The fraction of sp³-hybridized carbons (Fsp3) is 0.385. The Balaban J connectivity index is 2.13. The molecule has 2 aromatic rings. The van der Waals surface area contributed by atoms with Crippen molar-refractivity contribution in [1.29, 1.82) is 0 Å². The number of methoxy groups -OCH3 is 1. The standard InChI is InChI=1S/C13H17N3O2/c1-3-8-14-9-12-15-16-13(18-12)10-6-4-5-7-11(10)17-2/h4-7,14H,3,8-9H2,1-2H3. The third-order valence-electron chi connectivity index (χ3n) is 2.51. The van der Waals surface area contributed by atoms with Gasteiger partial charge >= 0.3 is 0 Å². The van der Waals surface area contributed by atoms with Crippen LogP contribution in [0.1, 0.15) is 19.2 Å². The van der Waals surface area contributed by atoms with Crippen molar-refractivity contribution < 1.29 is 9.15 Å². The minimum atomic E-state index is 0.487. The van der Waals surface area contributed by atoms with E-state index in [9.17, 15) is 0 Å². The zero-order valence-corrected chi connectivity index (χ0v) is 10.6. The molecule has 0 aliphatic rings. The number of nitrogens with one attached hydrogen (secondary N) is 1. The summed E-state index contributed by atoms with van der Waals surface area (Å²) in [4.78, 5) is 0. The third-order valence-corrected chi connectivity index (χ3v) is 2.51. The molecule has 5 nitrogen and oxygen atoms in total. The van der Waals surface area contributed by atoms with E-state index in [-0.39, 0.29) is 0 Å². The summed E-state index contributed by atoms with van der Waals surface area (Å²) in [6.07, 6.45) is 1.08. The Labute approximate surface area is 106 Å². The number of hydrogen-bond acceptors (Lipinski definition) is 5. The summed E-state index contributed by atoms with van der Waals surface area (Å²) < 4.78 is 10.9. The number of rotatable bonds is 6. The molecule has 1 aromatic heterocycles. The molecule has 0 radical (unpaired) electrons. The van der Waals surface area contributed by atoms with Crippen molar-refractivity contribution in [2.45, 2.75) is 19.9 Å². The second kappa shape index (κ2) is 6.16. The number of hydrogen-bond donors (Lipinski definition) is 1. The number of para-hydroxylation sites is 1. The summed E-state index contributed by atoms with van der Waals surface area (Å²) in [5.41, 5.74) is 0.814. The molecule has 0 amide bonds. The molecular weight excluding hydrogens is 230 g/mol. The highest BCUT2D eigenvalue weighted by Crippen LogP contribution is 2.28. The molecule has 96 valence electrons. The highest BCUT2D eigenvalue weighted by molar-refractivity contribution is 5.62. The van der Waals surface area contributed by atoms with E-state index in [1.165, 1.54) is 0 Å². The lowest BCUT2D eigenvalue weighted by molar-refractivity contribution is 0.413. The molecule has 0 spiro atoms. The molecule has 1 N–H and O–H groups in total. The lowest BCUT2D eigenvalue weighted by atomic mass is 10.2. The molecule has 0 unspecified atom stereocenters. The average molecular weight is 247 g/mol. The van der Waals surface area contributed by atoms with Crippen LogP contribution in [0.4, 0.5) is 0 Å². The summed E-state index contributed by atoms with van der Waals surface area (Å²) in [6, 6.07) is 7.59. The summed E-state index contributed by atoms with van der Waals surface area (Å²) in [7, 11) is 1.62. The molecule has 0 aliphatic heterocycles. The number of ether oxygens (including phenoxy) is 1. The lowest BCUT2D eigenvalue weighted by Gasteiger charge is -2.03. The van der Waals surface area contributed by atoms with Gasteiger partial charge in [0, 0.05) is 0 Å². The van der Waals surface area contributed by atoms with Crippen molar-refractivity contribution in [1.82, 2.24) is 15.5 Å². The van der Waals surface area contributed by atoms with E-state index >= 15 is 0 Å². The second-order valence-electron chi connectivity index (χ2n) is 3.88. The fourth-order valence-corrected chi connectivity index (χ4v) is 1.63. The molecular formula is C13H17N3O2. The Hall–Kier alpha value is -1.88. The first kappa shape index (κ1) is 12.6. The Kier molecular flexibility index (Phi) is 4.30. The normalized spacial score (nSPS) is 10.6. The molecule has 18 heavy (non-hydrogen) atoms. The molecule has 0 fully saturated rings. The van der Waals surface area contributed by atoms with Crippen molar-refractivity contribution in [3.63, 3.8) is 0 Å². The Bertz CT molecular complexity index is 496. The molecule has 0 bridgehead atoms. The Morgan fingerprint density at radius 1 is 1.28 bits per heavy atom. The maximum atomic E-state index is 5.59. The van der Waals surface area contributed by atoms with Crippen molar-refractivity contribution >= 4 is 0 Å². The van der Waals surface area contributed by atoms with Gasteiger partial charge in [-0.3, -0.25) is 0 Å². The second-order valence-corrected chi connectivity index (χ2v) is 3.88. The largest absolute Gasteiger partial charge is 0.496 e. The van der Waals surface area contributed by atoms with Crippen LogP contribution in [-0.4, -0.2) is 23.9 Å². The maximum Gasteiger partial charge on any atom is 0.251 e. The van der Waals surface area contributed by atoms with Crippen LogP contribution in [0.25, 0.3) is 11.5 Å². The van der Waals surface area contributed by atoms with Crippen LogP contribution >= 0.6 is 0 Å². The van der Waals surface area contributed by atoms with Gasteiger partial charge in [0.2, 0.25) is 5.89 Å². The van der Waals surface area contributed by atoms with Gasteiger partial charge in [0.25, 0.3) is 5.89 Å². The maximum absolute atomic E-state index is 5.59. The molecule has 0 saturated carbocycles. The molecule has 1 aromatic carbocycles. The van der Waals surface area contributed by atoms with Gasteiger partial charge in [-0.2, -0.15) is 0 Å². The van der Waals surface area contributed by atoms with Crippen molar-refractivity contribution in [2.24, 2.45) is 0 Å². The van der Waals surface area contributed by atoms with Crippen LogP contribution in [0.5, 0.6) is 5.75 Å². The van der Waals surface area contributed by atoms with Crippen LogP contribution in [0, 0.1) is 0 Å². The van der Waals surface area contributed by atoms with Gasteiger partial charge in [-0.05, 0) is 25.1 Å². The lowest BCUT2D eigenvalue weighted by Crippen LogP contribution is -2.13. The van der Waals surface area contributed by atoms with E-state index in [0.29, 0.717) is 18.3 Å². The predicted molar refractivity (Wildman–Crippen MR) is 68.3 cm³/mol. The fourth-order valence-electron chi connectivity index (χ4n) is 1.63. The van der Waals surface area contributed by atoms with Crippen LogP contribution in [0.3, 0.4) is 0 Å². The molecule has 0 atom stereocenters. The summed E-state index contributed by atoms with van der Waals surface area (Å²) in [6.45, 7) is 3.64. The van der Waals surface area contributed by atoms with Crippen molar-refractivity contribution in [2.75, 3.05) is 13.7 Å². The number of benzene rings is 1. The molecule has 0 aliphatic carbocycles. The smallest absolute Gasteiger partial charge is 0.251 e. The van der Waals surface area contributed by atoms with Crippen LogP contribution < -0.4 is 10.1 Å². The zero-order valence-electron chi connectivity index (χ0n) is 10.6. The monoisotopic (exact) mass is 247 g/mol. The molecule has 0 saturated heterocycles. The van der Waals surface area contributed by atoms with Crippen molar-refractivity contribution in [3.8, 4) is 17.2 Å². The molecule has 5 heteroatoms. The summed E-state index contributed by atoms with van der Waals surface area (Å²) in [5.74, 6) is 1.80. The van der Waals surface area contributed by atoms with Gasteiger partial charge in [-0.1, -0.05) is 19.1 Å². The van der Waals surface area contributed by atoms with E-state index in [1.54, 1.807) is 7.11 Å². The molecule has 2 rings (SSSR count). The molecule has 1 heterocycles. The van der Waals surface area contributed by atoms with Crippen LogP contribution in [0.2, 0.25) is 0 Å². The van der Waals surface area contributed by atoms with Crippen LogP contribution in [0.15, 0.2) is 28.7 Å². The Morgan fingerprint density at radius 3 is 2.89 bits per heavy atom. The zero-order chi connectivity index (χ0) is 12.8. The first-order valence-electron chi connectivity index (χ1n) is 6.01. The minimum absolute atomic E-state index is 0.487. The predicted octanol–water partition coefficient (Wildman–Crippen LogP) is 2.24. The van der Waals surface area contributed by atoms with Gasteiger partial charge in [0.15, 0.2) is 0 Å². The first-order chi connectivity index (χ1) is 8.85. The van der Waals surface area contributed by atoms with E-state index in [1.807, 2.05) is 24.3 Å². The SMILES string of the molecule is CCCNCc1nnc(-c2ccccc2OC)o1. The quantitative estimate of drug-likeness (QED) is 0.793. The summed E-state index contributed by atoms with van der Waals surface area (Å²) in [5, 5.41) is 11.3. The van der Waals surface area contributed by atoms with Gasteiger partial charge in [0.1, 0.15) is 5.75 Å². The van der Waals surface area contributed by atoms with Gasteiger partial charge in [-0.25, -0.2) is 0 Å². The van der Waals surface area contributed by atoms with Crippen LogP contribution in [-0.2, 0) is 6.54 Å². The average Bonchev–Trinajstić information content (AvgIpc) is 2.88. The highest BCUT2D eigenvalue weighted by Gasteiger charge is 2.12. The first-order valence-corrected chi connectivity index (χ1v) is 6.01. The Morgan fingerprint density at radius 2 is 2.11 bits per heavy atom. The number of aromatic nitrogens is 2. The van der Waals surface area contributed by atoms with Gasteiger partial charge in [0.05, 0.1) is 19.2 Å². The van der Waals surface area contributed by atoms with E-state index in [0.717, 1.165) is 24.3 Å². The third kappa shape index (κ3) is 2.87. The van der Waals surface area contributed by atoms with Crippen molar-refractivity contribution in [3.05, 3.63) is 30.2 Å². The van der Waals surface area contributed by atoms with E-state index in [2.05, 4.69) is 22.4 Å². The summed E-state index contributed by atoms with van der Waals surface area (Å²) >= 11 is 0.